The van der Waals surface area contributed by atoms with Crippen molar-refractivity contribution < 1.29 is 4.74 Å². The number of hydrogen-bond acceptors (Lipinski definition) is 3. The molecule has 1 N–H and O–H groups in total. The zero-order valence-corrected chi connectivity index (χ0v) is 10.9. The summed E-state index contributed by atoms with van der Waals surface area (Å²) >= 11 is 0. The lowest BCUT2D eigenvalue weighted by Crippen LogP contribution is -2.52. The molecule has 3 heteroatoms. The predicted octanol–water partition coefficient (Wildman–Crippen LogP) is 2.68. The molecule has 92 valence electrons. The highest BCUT2D eigenvalue weighted by Crippen LogP contribution is 2.41. The van der Waals surface area contributed by atoms with Crippen molar-refractivity contribution in [2.75, 3.05) is 6.61 Å². The summed E-state index contributed by atoms with van der Waals surface area (Å²) in [7, 11) is 0. The molecule has 0 aliphatic carbocycles. The van der Waals surface area contributed by atoms with Crippen LogP contribution in [0.5, 0.6) is 0 Å². The van der Waals surface area contributed by atoms with E-state index in [0.717, 1.165) is 11.4 Å². The van der Waals surface area contributed by atoms with E-state index < -0.39 is 5.72 Å². The molecule has 1 aliphatic rings. The van der Waals surface area contributed by atoms with Crippen LogP contribution >= 0.6 is 0 Å². The highest BCUT2D eigenvalue weighted by atomic mass is 16.5. The second kappa shape index (κ2) is 4.15. The van der Waals surface area contributed by atoms with Crippen LogP contribution in [0, 0.1) is 0 Å². The number of aliphatic imine (C=N–C) groups is 1. The van der Waals surface area contributed by atoms with Gasteiger partial charge in [0.2, 0.25) is 5.72 Å². The van der Waals surface area contributed by atoms with Gasteiger partial charge >= 0.3 is 0 Å². The average Bonchev–Trinajstić information content (AvgIpc) is 2.51. The Kier molecular flexibility index (Phi) is 2.96. The summed E-state index contributed by atoms with van der Waals surface area (Å²) in [6.45, 7) is 8.86. The molecule has 0 radical (unpaired) electrons. The lowest BCUT2D eigenvalue weighted by Gasteiger charge is -2.38. The first-order chi connectivity index (χ1) is 8.02. The maximum Gasteiger partial charge on any atom is 0.209 e. The van der Waals surface area contributed by atoms with Gasteiger partial charge < -0.3 is 10.1 Å². The predicted molar refractivity (Wildman–Crippen MR) is 70.1 cm³/mol. The summed E-state index contributed by atoms with van der Waals surface area (Å²) < 4.78 is 6.01. The molecule has 0 amide bonds. The van der Waals surface area contributed by atoms with Gasteiger partial charge in [-0.2, -0.15) is 0 Å². The normalized spacial score (nSPS) is 26.5. The van der Waals surface area contributed by atoms with Crippen LogP contribution in [0.15, 0.2) is 35.3 Å². The van der Waals surface area contributed by atoms with Crippen molar-refractivity contribution in [1.29, 1.82) is 0 Å². The Labute approximate surface area is 103 Å². The molecule has 0 fully saturated rings. The van der Waals surface area contributed by atoms with Gasteiger partial charge in [-0.3, -0.25) is 0 Å². The second-order valence-electron chi connectivity index (χ2n) is 4.89. The average molecular weight is 232 g/mol. The third kappa shape index (κ3) is 1.84. The van der Waals surface area contributed by atoms with Crippen molar-refractivity contribution in [3.8, 4) is 0 Å². The number of benzene rings is 1. The molecule has 2 rings (SSSR count). The van der Waals surface area contributed by atoms with Gasteiger partial charge in [0.1, 0.15) is 0 Å². The Hall–Kier alpha value is -1.35. The van der Waals surface area contributed by atoms with E-state index in [0.29, 0.717) is 6.61 Å². The SMILES string of the molecule is CCOC1(c2ccccc2)N=C(C)NC1(C)C. The van der Waals surface area contributed by atoms with Gasteiger partial charge in [-0.15, -0.1) is 0 Å². The lowest BCUT2D eigenvalue weighted by atomic mass is 9.85. The van der Waals surface area contributed by atoms with Crippen LogP contribution in [0.1, 0.15) is 33.3 Å². The highest BCUT2D eigenvalue weighted by Gasteiger charge is 2.51. The zero-order chi connectivity index (χ0) is 12.5. The maximum absolute atomic E-state index is 6.01. The first-order valence-electron chi connectivity index (χ1n) is 6.06. The summed E-state index contributed by atoms with van der Waals surface area (Å²) in [5.74, 6) is 0.923. The quantitative estimate of drug-likeness (QED) is 0.869. The van der Waals surface area contributed by atoms with E-state index in [9.17, 15) is 0 Å². The van der Waals surface area contributed by atoms with Crippen molar-refractivity contribution >= 4 is 5.84 Å². The summed E-state index contributed by atoms with van der Waals surface area (Å²) in [4.78, 5) is 4.72. The van der Waals surface area contributed by atoms with Crippen LogP contribution in [-0.2, 0) is 10.5 Å². The van der Waals surface area contributed by atoms with E-state index in [1.807, 2.05) is 32.0 Å². The van der Waals surface area contributed by atoms with Crippen LogP contribution in [0.25, 0.3) is 0 Å². The molecule has 1 heterocycles. The van der Waals surface area contributed by atoms with Gasteiger partial charge in [-0.05, 0) is 27.7 Å². The summed E-state index contributed by atoms with van der Waals surface area (Å²) in [6.07, 6.45) is 0. The van der Waals surface area contributed by atoms with E-state index in [1.54, 1.807) is 0 Å². The first-order valence-corrected chi connectivity index (χ1v) is 6.06. The number of hydrogen-bond donors (Lipinski definition) is 1. The van der Waals surface area contributed by atoms with E-state index >= 15 is 0 Å². The third-order valence-corrected chi connectivity index (χ3v) is 3.18. The van der Waals surface area contributed by atoms with Gasteiger partial charge in [0.15, 0.2) is 0 Å². The Balaban J connectivity index is 2.54. The fraction of sp³-hybridized carbons (Fsp3) is 0.500. The molecule has 1 aromatic rings. The number of nitrogens with one attached hydrogen (secondary N) is 1. The van der Waals surface area contributed by atoms with Crippen LogP contribution in [0.3, 0.4) is 0 Å². The molecule has 0 spiro atoms. The number of ether oxygens (including phenoxy) is 1. The van der Waals surface area contributed by atoms with Crippen LogP contribution in [0.2, 0.25) is 0 Å². The Morgan fingerprint density at radius 3 is 2.35 bits per heavy atom. The molecule has 17 heavy (non-hydrogen) atoms. The number of amidine groups is 1. The molecule has 1 aromatic carbocycles. The van der Waals surface area contributed by atoms with Gasteiger partial charge in [0, 0.05) is 12.2 Å². The van der Waals surface area contributed by atoms with E-state index in [1.165, 1.54) is 0 Å². The van der Waals surface area contributed by atoms with Gasteiger partial charge in [-0.1, -0.05) is 30.3 Å². The van der Waals surface area contributed by atoms with Crippen molar-refractivity contribution in [3.63, 3.8) is 0 Å². The molecule has 3 nitrogen and oxygen atoms in total. The molecule has 1 unspecified atom stereocenters. The second-order valence-corrected chi connectivity index (χ2v) is 4.89. The molecule has 0 saturated heterocycles. The maximum atomic E-state index is 6.01. The van der Waals surface area contributed by atoms with E-state index in [2.05, 4.69) is 31.3 Å². The monoisotopic (exact) mass is 232 g/mol. The molecular formula is C14H20N2O. The summed E-state index contributed by atoms with van der Waals surface area (Å²) in [5.41, 5.74) is 0.234. The van der Waals surface area contributed by atoms with Crippen LogP contribution < -0.4 is 5.32 Å². The molecular weight excluding hydrogens is 212 g/mol. The number of rotatable bonds is 3. The van der Waals surface area contributed by atoms with Crippen molar-refractivity contribution in [1.82, 2.24) is 5.32 Å². The molecule has 1 atom stereocenters. The van der Waals surface area contributed by atoms with E-state index in [4.69, 9.17) is 9.73 Å². The van der Waals surface area contributed by atoms with Gasteiger partial charge in [-0.25, -0.2) is 4.99 Å². The Morgan fingerprint density at radius 2 is 1.88 bits per heavy atom. The topological polar surface area (TPSA) is 33.6 Å². The molecule has 0 bridgehead atoms. The fourth-order valence-electron chi connectivity index (χ4n) is 2.54. The minimum Gasteiger partial charge on any atom is -0.364 e. The van der Waals surface area contributed by atoms with Crippen molar-refractivity contribution in [2.45, 2.75) is 39.0 Å². The first kappa shape index (κ1) is 12.1. The summed E-state index contributed by atoms with van der Waals surface area (Å²) in [6, 6.07) is 10.2. The third-order valence-electron chi connectivity index (χ3n) is 3.18. The van der Waals surface area contributed by atoms with Crippen LogP contribution in [-0.4, -0.2) is 18.0 Å². The Morgan fingerprint density at radius 1 is 1.24 bits per heavy atom. The standard InChI is InChI=1S/C14H20N2O/c1-5-17-14(12-9-7-6-8-10-12)13(3,4)15-11(2)16-14/h6-10H,5H2,1-4H3,(H,15,16). The molecule has 1 aliphatic heterocycles. The minimum atomic E-state index is -0.618. The number of nitrogens with zero attached hydrogens (tertiary/aromatic N) is 1. The van der Waals surface area contributed by atoms with Gasteiger partial charge in [0.25, 0.3) is 0 Å². The van der Waals surface area contributed by atoms with Gasteiger partial charge in [0.05, 0.1) is 11.4 Å². The fourth-order valence-corrected chi connectivity index (χ4v) is 2.54. The minimum absolute atomic E-state index is 0.242. The lowest BCUT2D eigenvalue weighted by molar-refractivity contribution is -0.0810. The highest BCUT2D eigenvalue weighted by molar-refractivity contribution is 5.83. The summed E-state index contributed by atoms with van der Waals surface area (Å²) in [5, 5.41) is 3.39. The zero-order valence-electron chi connectivity index (χ0n) is 10.9. The van der Waals surface area contributed by atoms with Crippen LogP contribution in [0.4, 0.5) is 0 Å². The molecule has 0 saturated carbocycles. The molecule has 0 aromatic heterocycles. The van der Waals surface area contributed by atoms with E-state index in [-0.39, 0.29) is 5.54 Å². The Bertz CT molecular complexity index is 425. The smallest absolute Gasteiger partial charge is 0.209 e. The van der Waals surface area contributed by atoms with Crippen molar-refractivity contribution in [3.05, 3.63) is 35.9 Å². The van der Waals surface area contributed by atoms with Crippen molar-refractivity contribution in [2.24, 2.45) is 4.99 Å². The largest absolute Gasteiger partial charge is 0.364 e.